The summed E-state index contributed by atoms with van der Waals surface area (Å²) in [7, 11) is -5.09. The Bertz CT molecular complexity index is 2210. The number of hydroxylamine groups is 2. The van der Waals surface area contributed by atoms with Crippen molar-refractivity contribution in [2.24, 2.45) is 5.16 Å². The van der Waals surface area contributed by atoms with Crippen LogP contribution in [0.5, 0.6) is 5.75 Å². The van der Waals surface area contributed by atoms with Crippen molar-refractivity contribution >= 4 is 68.4 Å². The SMILES string of the molecule is CC(C)(C)OC(=O)NCCCn1cc(-c2ccc(OCC(O/N=C(\C(=O)N[C@@H]3C(=O)N(OS(=O)(=O)O)C3(C)C)c3csc(NC(=O)OC(C)(C)C)n3)C(=O)O)cc2)c(N)n1. The van der Waals surface area contributed by atoms with E-state index < -0.39 is 81.6 Å². The molecule has 0 spiro atoms. The minimum atomic E-state index is -5.09. The number of hydrogen-bond donors (Lipinski definition) is 6. The molecule has 25 heteroatoms. The molecule has 0 aliphatic carbocycles. The minimum absolute atomic E-state index is 0.0456. The molecule has 328 valence electrons. The predicted octanol–water partition coefficient (Wildman–Crippen LogP) is 2.94. The molecule has 0 radical (unpaired) electrons. The van der Waals surface area contributed by atoms with E-state index in [9.17, 15) is 37.5 Å². The van der Waals surface area contributed by atoms with Crippen LogP contribution in [0.25, 0.3) is 11.1 Å². The number of aryl methyl sites for hydroxylation is 1. The molecule has 7 N–H and O–H groups in total. The van der Waals surface area contributed by atoms with Crippen molar-refractivity contribution in [1.82, 2.24) is 30.5 Å². The monoisotopic (exact) mass is 881 g/mol. The van der Waals surface area contributed by atoms with Crippen molar-refractivity contribution in [3.8, 4) is 16.9 Å². The number of benzene rings is 1. The number of rotatable bonds is 17. The predicted molar refractivity (Wildman–Crippen MR) is 213 cm³/mol. The fraction of sp³-hybridized carbons (Fsp3) is 0.486. The molecule has 1 aromatic carbocycles. The number of ether oxygens (including phenoxy) is 3. The maximum Gasteiger partial charge on any atom is 0.418 e. The first-order chi connectivity index (χ1) is 27.7. The highest BCUT2D eigenvalue weighted by atomic mass is 32.3. The molecule has 2 atom stereocenters. The van der Waals surface area contributed by atoms with E-state index in [1.54, 1.807) is 76.7 Å². The van der Waals surface area contributed by atoms with Gasteiger partial charge in [-0.25, -0.2) is 19.4 Å². The van der Waals surface area contributed by atoms with Gasteiger partial charge in [0.15, 0.2) is 16.7 Å². The number of amides is 4. The zero-order valence-electron chi connectivity index (χ0n) is 33.9. The number of carboxylic acids is 1. The van der Waals surface area contributed by atoms with Crippen LogP contribution in [0.15, 0.2) is 41.0 Å². The number of β-lactam (4-membered cyclic amide) rings is 1. The summed E-state index contributed by atoms with van der Waals surface area (Å²) < 4.78 is 53.6. The van der Waals surface area contributed by atoms with Crippen LogP contribution in [-0.2, 0) is 49.9 Å². The van der Waals surface area contributed by atoms with Crippen molar-refractivity contribution in [3.63, 3.8) is 0 Å². The van der Waals surface area contributed by atoms with E-state index in [0.29, 0.717) is 35.7 Å². The fourth-order valence-electron chi connectivity index (χ4n) is 5.14. The molecule has 1 saturated heterocycles. The number of aliphatic carboxylic acids is 1. The van der Waals surface area contributed by atoms with E-state index in [4.69, 9.17) is 29.3 Å². The third kappa shape index (κ3) is 13.2. The van der Waals surface area contributed by atoms with E-state index >= 15 is 0 Å². The summed E-state index contributed by atoms with van der Waals surface area (Å²) in [4.78, 5) is 72.2. The van der Waals surface area contributed by atoms with Crippen LogP contribution in [0, 0.1) is 0 Å². The van der Waals surface area contributed by atoms with Crippen molar-refractivity contribution in [3.05, 3.63) is 41.5 Å². The van der Waals surface area contributed by atoms with Crippen LogP contribution >= 0.6 is 11.3 Å². The van der Waals surface area contributed by atoms with Gasteiger partial charge in [-0.2, -0.15) is 18.6 Å². The van der Waals surface area contributed by atoms with Gasteiger partial charge in [0.2, 0.25) is 0 Å². The second-order valence-corrected chi connectivity index (χ2v) is 17.4. The van der Waals surface area contributed by atoms with Gasteiger partial charge in [-0.05, 0) is 79.5 Å². The van der Waals surface area contributed by atoms with E-state index in [1.165, 1.54) is 19.2 Å². The number of carbonyl (C=O) groups is 5. The molecule has 60 heavy (non-hydrogen) atoms. The molecule has 3 heterocycles. The Labute approximate surface area is 348 Å². The Kier molecular flexibility index (Phi) is 14.4. The Morgan fingerprint density at radius 2 is 1.68 bits per heavy atom. The Morgan fingerprint density at radius 3 is 2.27 bits per heavy atom. The number of anilines is 2. The highest BCUT2D eigenvalue weighted by Gasteiger charge is 2.58. The average molecular weight is 882 g/mol. The van der Waals surface area contributed by atoms with Gasteiger partial charge in [0.1, 0.15) is 35.3 Å². The molecule has 1 unspecified atom stereocenters. The topological polar surface area (TPSA) is 315 Å². The number of hydrogen-bond acceptors (Lipinski definition) is 17. The van der Waals surface area contributed by atoms with Crippen LogP contribution in [-0.4, -0.2) is 116 Å². The van der Waals surface area contributed by atoms with Gasteiger partial charge < -0.3 is 40.5 Å². The summed E-state index contributed by atoms with van der Waals surface area (Å²) in [6.07, 6.45) is -0.892. The zero-order chi connectivity index (χ0) is 44.8. The third-order valence-corrected chi connectivity index (χ3v) is 8.92. The average Bonchev–Trinajstić information content (AvgIpc) is 3.73. The van der Waals surface area contributed by atoms with Crippen molar-refractivity contribution in [1.29, 1.82) is 0 Å². The van der Waals surface area contributed by atoms with Gasteiger partial charge in [-0.15, -0.1) is 15.6 Å². The molecular weight excluding hydrogens is 835 g/mol. The van der Waals surface area contributed by atoms with Crippen LogP contribution in [0.1, 0.15) is 67.5 Å². The number of nitrogens with two attached hydrogens (primary N) is 1. The number of carboxylic acid groups (broad SMARTS) is 1. The second kappa shape index (κ2) is 18.5. The molecule has 2 aromatic heterocycles. The fourth-order valence-corrected chi connectivity index (χ4v) is 6.27. The minimum Gasteiger partial charge on any atom is -0.489 e. The molecule has 4 amide bonds. The van der Waals surface area contributed by atoms with Gasteiger partial charge in [-0.1, -0.05) is 17.3 Å². The van der Waals surface area contributed by atoms with Gasteiger partial charge in [0, 0.05) is 30.2 Å². The van der Waals surface area contributed by atoms with Gasteiger partial charge in [-0.3, -0.25) is 24.1 Å². The van der Waals surface area contributed by atoms with E-state index in [0.717, 1.165) is 11.3 Å². The molecule has 0 bridgehead atoms. The number of alkyl carbamates (subject to hydrolysis) is 1. The largest absolute Gasteiger partial charge is 0.489 e. The Balaban J connectivity index is 1.45. The second-order valence-electron chi connectivity index (χ2n) is 15.5. The number of nitrogens with one attached hydrogen (secondary N) is 3. The van der Waals surface area contributed by atoms with Crippen LogP contribution in [0.4, 0.5) is 20.5 Å². The molecule has 0 saturated carbocycles. The molecular formula is C35H47N9O14S2. The maximum absolute atomic E-state index is 13.6. The first-order valence-corrected chi connectivity index (χ1v) is 20.2. The number of nitrogens with zero attached hydrogens (tertiary/aromatic N) is 5. The van der Waals surface area contributed by atoms with Gasteiger partial charge >= 0.3 is 28.6 Å². The Hall–Kier alpha value is -6.05. The molecule has 1 aliphatic rings. The number of nitrogen functional groups attached to an aromatic ring is 1. The number of oxime groups is 1. The maximum atomic E-state index is 13.6. The van der Waals surface area contributed by atoms with Gasteiger partial charge in [0.05, 0.1) is 5.54 Å². The number of aromatic nitrogens is 3. The zero-order valence-corrected chi connectivity index (χ0v) is 35.5. The van der Waals surface area contributed by atoms with Crippen molar-refractivity contribution < 1.29 is 65.4 Å². The molecule has 4 rings (SSSR count). The van der Waals surface area contributed by atoms with Crippen LogP contribution < -0.4 is 26.4 Å². The lowest BCUT2D eigenvalue weighted by Crippen LogP contribution is -2.76. The summed E-state index contributed by atoms with van der Waals surface area (Å²) in [5.74, 6) is -3.23. The lowest BCUT2D eigenvalue weighted by Gasteiger charge is -2.50. The van der Waals surface area contributed by atoms with Crippen molar-refractivity contribution in [2.45, 2.75) is 97.2 Å². The molecule has 1 aliphatic heterocycles. The third-order valence-electron chi connectivity index (χ3n) is 7.83. The molecule has 1 fully saturated rings. The van der Waals surface area contributed by atoms with Crippen molar-refractivity contribution in [2.75, 3.05) is 24.2 Å². The summed E-state index contributed by atoms with van der Waals surface area (Å²) >= 11 is 0.850. The van der Waals surface area contributed by atoms with Crippen LogP contribution in [0.3, 0.4) is 0 Å². The lowest BCUT2D eigenvalue weighted by atomic mass is 9.84. The number of thiazole rings is 1. The normalized spacial score (nSPS) is 15.9. The van der Waals surface area contributed by atoms with E-state index in [2.05, 4.69) is 35.5 Å². The summed E-state index contributed by atoms with van der Waals surface area (Å²) in [5, 5.41) is 27.0. The quantitative estimate of drug-likeness (QED) is 0.0373. The lowest BCUT2D eigenvalue weighted by molar-refractivity contribution is -0.218. The van der Waals surface area contributed by atoms with E-state index in [-0.39, 0.29) is 22.4 Å². The standard InChI is InChI=1S/C35H47N9O14S2/c1-33(2,3)55-31(49)37-14-9-15-43-16-21(26(36)41-43)19-10-12-20(13-11-19)54-17-23(29(47)48)57-42-24(22-18-59-30(38-22)40-32(50)56-34(4,5)6)27(45)39-25-28(46)44(35(25,7)8)58-60(51,52)53/h10-13,16,18,23,25H,9,14-15,17H2,1-8H3,(H2,36,41)(H,37,49)(H,39,45)(H,47,48)(H,38,40,50)(H,51,52,53)/b42-24-/t23?,25-/m1/s1. The number of carbonyl (C=O) groups excluding carboxylic acids is 4. The van der Waals surface area contributed by atoms with E-state index in [1.807, 2.05) is 0 Å². The Morgan fingerprint density at radius 1 is 1.05 bits per heavy atom. The summed E-state index contributed by atoms with van der Waals surface area (Å²) in [6, 6.07) is 5.03. The summed E-state index contributed by atoms with van der Waals surface area (Å²) in [6.45, 7) is 13.1. The highest BCUT2D eigenvalue weighted by Crippen LogP contribution is 2.33. The first-order valence-electron chi connectivity index (χ1n) is 18.0. The molecule has 23 nitrogen and oxygen atoms in total. The van der Waals surface area contributed by atoms with Crippen LogP contribution in [0.2, 0.25) is 0 Å². The highest BCUT2D eigenvalue weighted by molar-refractivity contribution is 7.80. The van der Waals surface area contributed by atoms with Gasteiger partial charge in [0.25, 0.3) is 17.9 Å². The molecule has 3 aromatic rings. The summed E-state index contributed by atoms with van der Waals surface area (Å²) in [5.41, 5.74) is 3.61. The first kappa shape index (κ1) is 46.6. The smallest absolute Gasteiger partial charge is 0.418 e.